The van der Waals surface area contributed by atoms with Gasteiger partial charge in [0.2, 0.25) is 0 Å². The monoisotopic (exact) mass is 763 g/mol. The van der Waals surface area contributed by atoms with Gasteiger partial charge < -0.3 is 10.6 Å². The minimum atomic E-state index is 0.698. The third-order valence-electron chi connectivity index (χ3n) is 11.9. The highest BCUT2D eigenvalue weighted by atomic mass is 15.0. The van der Waals surface area contributed by atoms with Crippen molar-refractivity contribution >= 4 is 11.4 Å². The van der Waals surface area contributed by atoms with Gasteiger partial charge in [0.1, 0.15) is 0 Å². The first-order valence-corrected chi connectivity index (χ1v) is 24.6. The van der Waals surface area contributed by atoms with E-state index in [4.69, 9.17) is 0 Å². The van der Waals surface area contributed by atoms with Gasteiger partial charge in [-0.15, -0.1) is 0 Å². The number of anilines is 2. The van der Waals surface area contributed by atoms with E-state index in [1.807, 2.05) is 0 Å². The molecule has 2 N–H and O–H groups in total. The molecule has 4 heteroatoms. The van der Waals surface area contributed by atoms with Gasteiger partial charge >= 0.3 is 0 Å². The second kappa shape index (κ2) is 36.3. The summed E-state index contributed by atoms with van der Waals surface area (Å²) >= 11 is 0. The van der Waals surface area contributed by atoms with E-state index in [1.165, 1.54) is 210 Å². The lowest BCUT2D eigenvalue weighted by Crippen LogP contribution is -2.36. The maximum absolute atomic E-state index is 3.65. The molecule has 4 nitrogen and oxygen atoms in total. The molecule has 2 rings (SSSR count). The van der Waals surface area contributed by atoms with Crippen LogP contribution in [0.1, 0.15) is 227 Å². The van der Waals surface area contributed by atoms with Crippen LogP contribution in [0.5, 0.6) is 0 Å². The number of nitrogens with one attached hydrogen (secondary N) is 2. The van der Waals surface area contributed by atoms with Crippen molar-refractivity contribution in [1.29, 1.82) is 0 Å². The topological polar surface area (TPSA) is 31.8 Å². The number of aromatic nitrogens is 2. The van der Waals surface area contributed by atoms with Crippen LogP contribution in [0.25, 0.3) is 0 Å². The average molecular weight is 763 g/mol. The van der Waals surface area contributed by atoms with E-state index in [2.05, 4.69) is 96.5 Å². The summed E-state index contributed by atoms with van der Waals surface area (Å²) in [4.78, 5) is 0. The Morgan fingerprint density at radius 2 is 0.618 bits per heavy atom. The van der Waals surface area contributed by atoms with Crippen LogP contribution in [0.15, 0.2) is 49.1 Å². The predicted molar refractivity (Wildman–Crippen MR) is 243 cm³/mol. The molecular formula is C51H94N4+2. The highest BCUT2D eigenvalue weighted by Gasteiger charge is 2.13. The molecule has 0 radical (unpaired) electrons. The van der Waals surface area contributed by atoms with Crippen molar-refractivity contribution in [3.63, 3.8) is 0 Å². The lowest BCUT2D eigenvalue weighted by molar-refractivity contribution is -0.703. The first-order chi connectivity index (χ1) is 27.1. The normalized spacial score (nSPS) is 12.6. The smallest absolute Gasteiger partial charge is 0.170 e. The molecule has 0 aromatic carbocycles. The molecule has 0 aliphatic carbocycles. The van der Waals surface area contributed by atoms with Gasteiger partial charge in [-0.3, -0.25) is 0 Å². The summed E-state index contributed by atoms with van der Waals surface area (Å²) < 4.78 is 4.74. The van der Waals surface area contributed by atoms with Gasteiger partial charge in [-0.2, -0.15) is 0 Å². The molecule has 2 aromatic heterocycles. The van der Waals surface area contributed by atoms with Crippen LogP contribution in [-0.4, -0.2) is 13.1 Å². The van der Waals surface area contributed by atoms with Crippen LogP contribution in [0.2, 0.25) is 0 Å². The Kier molecular flexibility index (Phi) is 32.3. The Morgan fingerprint density at radius 3 is 0.891 bits per heavy atom. The highest BCUT2D eigenvalue weighted by Crippen LogP contribution is 2.17. The molecule has 0 saturated carbocycles. The van der Waals surface area contributed by atoms with E-state index >= 15 is 0 Å². The minimum Gasteiger partial charge on any atom is -0.385 e. The first kappa shape index (κ1) is 49.0. The van der Waals surface area contributed by atoms with E-state index in [0.717, 1.165) is 26.2 Å². The number of unbranched alkanes of at least 4 members (excludes halogenated alkanes) is 26. The molecule has 2 heterocycles. The van der Waals surface area contributed by atoms with Crippen molar-refractivity contribution in [2.24, 2.45) is 11.8 Å². The first-order valence-electron chi connectivity index (χ1n) is 24.6. The lowest BCUT2D eigenvalue weighted by atomic mass is 9.98. The van der Waals surface area contributed by atoms with Crippen LogP contribution in [-0.2, 0) is 13.1 Å². The highest BCUT2D eigenvalue weighted by molar-refractivity contribution is 5.40. The Balaban J connectivity index is 1.40. The maximum Gasteiger partial charge on any atom is 0.170 e. The van der Waals surface area contributed by atoms with Gasteiger partial charge in [0.05, 0.1) is 0 Å². The standard InChI is InChI=1S/C51H92N4/c1-5-7-9-11-13-15-17-19-21-23-25-27-29-31-40-52-50-36-42-54(43-37-50)46-48(3)34-33-35-49(4)47-55-44-38-51(39-45-55)53-41-32-30-28-26-24-22-20-18-16-14-12-10-8-6-2/h36-39,42-45,48-49H,5-35,40-41,46-47H2,1-4H3/p+2. The van der Waals surface area contributed by atoms with E-state index < -0.39 is 0 Å². The summed E-state index contributed by atoms with van der Waals surface area (Å²) in [6, 6.07) is 9.04. The number of rotatable bonds is 40. The van der Waals surface area contributed by atoms with Gasteiger partial charge in [0.25, 0.3) is 0 Å². The van der Waals surface area contributed by atoms with Gasteiger partial charge in [0.15, 0.2) is 37.9 Å². The van der Waals surface area contributed by atoms with Crippen molar-refractivity contribution in [2.75, 3.05) is 23.7 Å². The van der Waals surface area contributed by atoms with Crippen molar-refractivity contribution in [3.8, 4) is 0 Å². The molecule has 55 heavy (non-hydrogen) atoms. The van der Waals surface area contributed by atoms with Gasteiger partial charge in [-0.05, 0) is 25.7 Å². The van der Waals surface area contributed by atoms with E-state index in [9.17, 15) is 0 Å². The van der Waals surface area contributed by atoms with Crippen molar-refractivity contribution in [1.82, 2.24) is 0 Å². The largest absolute Gasteiger partial charge is 0.385 e. The zero-order valence-corrected chi connectivity index (χ0v) is 37.4. The Bertz CT molecular complexity index is 982. The number of hydrogen-bond donors (Lipinski definition) is 2. The predicted octanol–water partition coefficient (Wildman–Crippen LogP) is 15.2. The molecule has 2 atom stereocenters. The molecule has 0 spiro atoms. The molecule has 316 valence electrons. The molecule has 0 amide bonds. The molecule has 2 unspecified atom stereocenters. The Hall–Kier alpha value is -2.10. The van der Waals surface area contributed by atoms with Crippen molar-refractivity contribution in [3.05, 3.63) is 49.1 Å². The SMILES string of the molecule is CCCCCCCCCCCCCCCCNc1cc[n+](CC(C)CCCC(C)C[n+]2ccc(NCCCCCCCCCCCCCCCC)cc2)cc1. The molecule has 0 aliphatic heterocycles. The molecule has 2 aromatic rings. The van der Waals surface area contributed by atoms with Crippen molar-refractivity contribution < 1.29 is 9.13 Å². The molecule has 0 fully saturated rings. The zero-order valence-electron chi connectivity index (χ0n) is 37.4. The quantitative estimate of drug-likeness (QED) is 0.0523. The average Bonchev–Trinajstić information content (AvgIpc) is 3.19. The van der Waals surface area contributed by atoms with E-state index in [1.54, 1.807) is 0 Å². The number of hydrogen-bond acceptors (Lipinski definition) is 2. The summed E-state index contributed by atoms with van der Waals surface area (Å²) in [5.41, 5.74) is 2.53. The fourth-order valence-corrected chi connectivity index (χ4v) is 8.22. The Labute approximate surface area is 343 Å². The maximum atomic E-state index is 3.65. The summed E-state index contributed by atoms with van der Waals surface area (Å²) in [7, 11) is 0. The zero-order chi connectivity index (χ0) is 39.3. The van der Waals surface area contributed by atoms with Gasteiger partial charge in [-0.1, -0.05) is 201 Å². The fourth-order valence-electron chi connectivity index (χ4n) is 8.22. The Morgan fingerprint density at radius 1 is 0.364 bits per heavy atom. The molecule has 0 aliphatic rings. The van der Waals surface area contributed by atoms with E-state index in [-0.39, 0.29) is 0 Å². The second-order valence-corrected chi connectivity index (χ2v) is 17.8. The van der Waals surface area contributed by atoms with Gasteiger partial charge in [0, 0.05) is 60.6 Å². The molecule has 0 saturated heterocycles. The second-order valence-electron chi connectivity index (χ2n) is 17.8. The lowest BCUT2D eigenvalue weighted by Gasteiger charge is -2.12. The summed E-state index contributed by atoms with van der Waals surface area (Å²) in [6.07, 6.45) is 52.7. The summed E-state index contributed by atoms with van der Waals surface area (Å²) in [6.45, 7) is 13.8. The summed E-state index contributed by atoms with van der Waals surface area (Å²) in [5, 5.41) is 7.30. The molecular weight excluding hydrogens is 669 g/mol. The van der Waals surface area contributed by atoms with Crippen LogP contribution in [0, 0.1) is 11.8 Å². The van der Waals surface area contributed by atoms with Crippen LogP contribution in [0.4, 0.5) is 11.4 Å². The van der Waals surface area contributed by atoms with Crippen LogP contribution < -0.4 is 19.8 Å². The fraction of sp³-hybridized carbons (Fsp3) is 0.804. The third-order valence-corrected chi connectivity index (χ3v) is 11.9. The number of nitrogens with zero attached hydrogens (tertiary/aromatic N) is 2. The van der Waals surface area contributed by atoms with Gasteiger partial charge in [-0.25, -0.2) is 9.13 Å². The molecule has 0 bridgehead atoms. The summed E-state index contributed by atoms with van der Waals surface area (Å²) in [5.74, 6) is 1.40. The van der Waals surface area contributed by atoms with Crippen LogP contribution in [0.3, 0.4) is 0 Å². The third kappa shape index (κ3) is 29.8. The van der Waals surface area contributed by atoms with Crippen LogP contribution >= 0.6 is 0 Å². The minimum absolute atomic E-state index is 0.698. The van der Waals surface area contributed by atoms with E-state index in [0.29, 0.717) is 11.8 Å². The number of pyridine rings is 2. The van der Waals surface area contributed by atoms with Crippen molar-refractivity contribution in [2.45, 2.75) is 240 Å².